The van der Waals surface area contributed by atoms with Gasteiger partial charge in [0.1, 0.15) is 17.9 Å². The normalized spacial score (nSPS) is 23.2. The average Bonchev–Trinajstić information content (AvgIpc) is 3.44. The lowest BCUT2D eigenvalue weighted by atomic mass is 9.84. The molecule has 3 aromatic rings. The summed E-state index contributed by atoms with van der Waals surface area (Å²) in [5.41, 5.74) is 4.98. The van der Waals surface area contributed by atoms with Crippen molar-refractivity contribution in [1.82, 2.24) is 0 Å². The number of fused-ring (bicyclic) bond motifs is 1. The molecule has 0 unspecified atom stereocenters. The molecular formula is C28H25NO3. The van der Waals surface area contributed by atoms with Gasteiger partial charge in [0, 0.05) is 11.5 Å². The van der Waals surface area contributed by atoms with E-state index >= 15 is 0 Å². The van der Waals surface area contributed by atoms with E-state index in [1.54, 1.807) is 12.2 Å². The van der Waals surface area contributed by atoms with Crippen LogP contribution >= 0.6 is 0 Å². The number of ether oxygens (including phenoxy) is 1. The van der Waals surface area contributed by atoms with E-state index in [1.165, 1.54) is 5.57 Å². The third kappa shape index (κ3) is 3.53. The summed E-state index contributed by atoms with van der Waals surface area (Å²) < 4.78 is 5.27. The number of Topliss-reactive ketones (excluding diaryl/α,β-unsaturated/α-hetero) is 1. The maximum Gasteiger partial charge on any atom is 0.188 e. The fourth-order valence-corrected chi connectivity index (χ4v) is 4.62. The van der Waals surface area contributed by atoms with Gasteiger partial charge in [0.05, 0.1) is 12.8 Å². The van der Waals surface area contributed by atoms with Crippen LogP contribution in [0.4, 0.5) is 5.69 Å². The summed E-state index contributed by atoms with van der Waals surface area (Å²) in [7, 11) is 1.62. The third-order valence-corrected chi connectivity index (χ3v) is 6.30. The van der Waals surface area contributed by atoms with Crippen LogP contribution in [0.25, 0.3) is 5.57 Å². The second-order valence-electron chi connectivity index (χ2n) is 8.10. The molecule has 0 amide bonds. The van der Waals surface area contributed by atoms with E-state index in [0.717, 1.165) is 22.6 Å². The molecule has 4 nitrogen and oxygen atoms in total. The van der Waals surface area contributed by atoms with Crippen molar-refractivity contribution in [3.05, 3.63) is 114 Å². The molecule has 1 aliphatic carbocycles. The Hall–Kier alpha value is -3.63. The zero-order chi connectivity index (χ0) is 22.1. The van der Waals surface area contributed by atoms with Crippen molar-refractivity contribution in [3.63, 3.8) is 0 Å². The van der Waals surface area contributed by atoms with E-state index in [-0.39, 0.29) is 17.8 Å². The minimum atomic E-state index is -0.473. The van der Waals surface area contributed by atoms with E-state index in [1.807, 2.05) is 72.8 Å². The van der Waals surface area contributed by atoms with Crippen molar-refractivity contribution in [2.45, 2.75) is 19.1 Å². The molecule has 1 fully saturated rings. The number of para-hydroxylation sites is 1. The highest BCUT2D eigenvalue weighted by Crippen LogP contribution is 2.45. The molecular weight excluding hydrogens is 398 g/mol. The average molecular weight is 424 g/mol. The van der Waals surface area contributed by atoms with Crippen LogP contribution in [-0.4, -0.2) is 25.0 Å². The summed E-state index contributed by atoms with van der Waals surface area (Å²) in [6.45, 7) is 2.12. The van der Waals surface area contributed by atoms with E-state index in [9.17, 15) is 4.79 Å². The quantitative estimate of drug-likeness (QED) is 0.492. The zero-order valence-electron chi connectivity index (χ0n) is 18.1. The van der Waals surface area contributed by atoms with Crippen molar-refractivity contribution in [2.75, 3.05) is 12.2 Å². The molecule has 1 aliphatic heterocycles. The summed E-state index contributed by atoms with van der Waals surface area (Å²) in [5, 5.41) is 1.80. The van der Waals surface area contributed by atoms with Crippen LogP contribution in [0.15, 0.2) is 103 Å². The molecule has 3 atom stereocenters. The number of allylic oxidation sites excluding steroid dienone is 2. The highest BCUT2D eigenvalue weighted by molar-refractivity contribution is 6.03. The predicted octanol–water partition coefficient (Wildman–Crippen LogP) is 5.73. The maximum absolute atomic E-state index is 13.9. The van der Waals surface area contributed by atoms with Crippen LogP contribution < -0.4 is 9.80 Å². The number of carbonyl (C=O) groups is 1. The van der Waals surface area contributed by atoms with Gasteiger partial charge in [-0.3, -0.25) is 9.63 Å². The van der Waals surface area contributed by atoms with Gasteiger partial charge in [-0.15, -0.1) is 0 Å². The smallest absolute Gasteiger partial charge is 0.188 e. The van der Waals surface area contributed by atoms with E-state index in [0.29, 0.717) is 5.56 Å². The zero-order valence-corrected chi connectivity index (χ0v) is 18.1. The minimum Gasteiger partial charge on any atom is -0.497 e. The SMILES string of the molecule is COc1ccc(C(=O)[C@H]2[C@@H]3/C(=C(\C)c4ccccc4)C=C[C@@H]3ON2c2ccccc2)cc1. The lowest BCUT2D eigenvalue weighted by molar-refractivity contribution is 0.0885. The van der Waals surface area contributed by atoms with Crippen LogP contribution in [-0.2, 0) is 4.84 Å². The fraction of sp³-hybridized carbons (Fsp3) is 0.179. The first-order chi connectivity index (χ1) is 15.7. The first-order valence-electron chi connectivity index (χ1n) is 10.8. The summed E-state index contributed by atoms with van der Waals surface area (Å²) in [4.78, 5) is 20.2. The van der Waals surface area contributed by atoms with Gasteiger partial charge in [-0.05, 0) is 60.0 Å². The van der Waals surface area contributed by atoms with E-state index in [2.05, 4.69) is 31.2 Å². The van der Waals surface area contributed by atoms with Crippen LogP contribution in [0.2, 0.25) is 0 Å². The summed E-state index contributed by atoms with van der Waals surface area (Å²) in [6.07, 6.45) is 4.01. The van der Waals surface area contributed by atoms with Crippen molar-refractivity contribution in [1.29, 1.82) is 0 Å². The largest absolute Gasteiger partial charge is 0.497 e. The topological polar surface area (TPSA) is 38.8 Å². The Labute approximate surface area is 188 Å². The molecule has 5 rings (SSSR count). The number of ketones is 1. The molecule has 0 spiro atoms. The molecule has 160 valence electrons. The van der Waals surface area contributed by atoms with Gasteiger partial charge >= 0.3 is 0 Å². The lowest BCUT2D eigenvalue weighted by Crippen LogP contribution is -2.40. The van der Waals surface area contributed by atoms with Gasteiger partial charge in [0.25, 0.3) is 0 Å². The van der Waals surface area contributed by atoms with Crippen molar-refractivity contribution < 1.29 is 14.4 Å². The van der Waals surface area contributed by atoms with Crippen LogP contribution in [0, 0.1) is 5.92 Å². The Morgan fingerprint density at radius 3 is 2.19 bits per heavy atom. The van der Waals surface area contributed by atoms with Gasteiger partial charge in [0.2, 0.25) is 0 Å². The number of methoxy groups -OCH3 is 1. The number of benzene rings is 3. The number of rotatable bonds is 5. The van der Waals surface area contributed by atoms with Gasteiger partial charge in [-0.25, -0.2) is 5.06 Å². The van der Waals surface area contributed by atoms with Gasteiger partial charge in [-0.2, -0.15) is 0 Å². The Morgan fingerprint density at radius 1 is 0.875 bits per heavy atom. The highest BCUT2D eigenvalue weighted by atomic mass is 16.7. The molecule has 0 radical (unpaired) electrons. The monoisotopic (exact) mass is 423 g/mol. The molecule has 2 aliphatic rings. The fourth-order valence-electron chi connectivity index (χ4n) is 4.62. The molecule has 3 aromatic carbocycles. The minimum absolute atomic E-state index is 0.0334. The van der Waals surface area contributed by atoms with E-state index < -0.39 is 6.04 Å². The summed E-state index contributed by atoms with van der Waals surface area (Å²) in [6, 6.07) is 27.0. The van der Waals surface area contributed by atoms with Gasteiger partial charge in [-0.1, -0.05) is 60.7 Å². The van der Waals surface area contributed by atoms with Gasteiger partial charge < -0.3 is 4.74 Å². The second kappa shape index (κ2) is 8.48. The molecule has 4 heteroatoms. The van der Waals surface area contributed by atoms with Gasteiger partial charge in [0.15, 0.2) is 5.78 Å². The highest BCUT2D eigenvalue weighted by Gasteiger charge is 2.50. The van der Waals surface area contributed by atoms with Crippen LogP contribution in [0.1, 0.15) is 22.8 Å². The molecule has 32 heavy (non-hydrogen) atoms. The Balaban J connectivity index is 1.59. The molecule has 1 heterocycles. The molecule has 0 N–H and O–H groups in total. The maximum atomic E-state index is 13.9. The Kier molecular flexibility index (Phi) is 5.38. The molecule has 0 bridgehead atoms. The Bertz CT molecular complexity index is 1170. The lowest BCUT2D eigenvalue weighted by Gasteiger charge is -2.27. The number of anilines is 1. The molecule has 0 aromatic heterocycles. The van der Waals surface area contributed by atoms with Crippen molar-refractivity contribution in [2.24, 2.45) is 5.92 Å². The van der Waals surface area contributed by atoms with Crippen molar-refractivity contribution >= 4 is 17.0 Å². The van der Waals surface area contributed by atoms with E-state index in [4.69, 9.17) is 9.57 Å². The molecule has 0 saturated carbocycles. The Morgan fingerprint density at radius 2 is 1.53 bits per heavy atom. The number of nitrogens with zero attached hydrogens (tertiary/aromatic N) is 1. The first-order valence-corrected chi connectivity index (χ1v) is 10.8. The summed E-state index contributed by atoms with van der Waals surface area (Å²) in [5.74, 6) is 0.668. The standard InChI is InChI=1S/C28H25NO3/c1-19(20-9-5-3-6-10-20)24-17-18-25-26(24)27(29(32-25)22-11-7-4-8-12-22)28(30)21-13-15-23(31-2)16-14-21/h3-18,25-27H,1-2H3/b24-19+/t25-,26+,27+/m0/s1. The predicted molar refractivity (Wildman–Crippen MR) is 127 cm³/mol. The first kappa shape index (κ1) is 20.3. The third-order valence-electron chi connectivity index (χ3n) is 6.30. The number of hydrogen-bond acceptors (Lipinski definition) is 4. The second-order valence-corrected chi connectivity index (χ2v) is 8.10. The van der Waals surface area contributed by atoms with Crippen molar-refractivity contribution in [3.8, 4) is 5.75 Å². The number of hydroxylamine groups is 1. The summed E-state index contributed by atoms with van der Waals surface area (Å²) >= 11 is 0. The molecule has 1 saturated heterocycles. The number of hydrogen-bond donors (Lipinski definition) is 0. The van der Waals surface area contributed by atoms with Crippen LogP contribution in [0.3, 0.4) is 0 Å². The van der Waals surface area contributed by atoms with Crippen LogP contribution in [0.5, 0.6) is 5.75 Å². The number of carbonyl (C=O) groups excluding carboxylic acids is 1.